The maximum Gasteiger partial charge on any atom is 0.169 e. The van der Waals surface area contributed by atoms with Crippen LogP contribution < -0.4 is 5.73 Å². The van der Waals surface area contributed by atoms with E-state index in [-0.39, 0.29) is 11.4 Å². The van der Waals surface area contributed by atoms with E-state index in [9.17, 15) is 4.39 Å². The summed E-state index contributed by atoms with van der Waals surface area (Å²) in [4.78, 5) is 5.10. The fraction of sp³-hybridized carbons (Fsp3) is 0.154. The third-order valence-electron chi connectivity index (χ3n) is 2.89. The van der Waals surface area contributed by atoms with Gasteiger partial charge in [-0.25, -0.2) is 9.37 Å². The molecular weight excluding hydrogens is 251 g/mol. The molecule has 1 aromatic carbocycles. The maximum atomic E-state index is 13.5. The van der Waals surface area contributed by atoms with Gasteiger partial charge in [-0.1, -0.05) is 12.1 Å². The minimum Gasteiger partial charge on any atom is -0.456 e. The Bertz CT molecular complexity index is 704. The standard InChI is InChI=1S/C13H11FN2OS/c1-7-13(18-6-16-7)11(15)10-5-8-3-2-4-9(14)12(8)17-10/h2-6,11H,15H2,1H3. The van der Waals surface area contributed by atoms with E-state index in [1.165, 1.54) is 17.4 Å². The van der Waals surface area contributed by atoms with Crippen molar-refractivity contribution in [3.05, 3.63) is 51.9 Å². The Morgan fingerprint density at radius 3 is 2.94 bits per heavy atom. The molecule has 18 heavy (non-hydrogen) atoms. The van der Waals surface area contributed by atoms with Crippen LogP contribution in [-0.4, -0.2) is 4.98 Å². The molecule has 0 aliphatic heterocycles. The molecule has 2 N–H and O–H groups in total. The first kappa shape index (κ1) is 11.4. The lowest BCUT2D eigenvalue weighted by molar-refractivity contribution is 0.503. The summed E-state index contributed by atoms with van der Waals surface area (Å²) in [7, 11) is 0. The fourth-order valence-electron chi connectivity index (χ4n) is 1.94. The van der Waals surface area contributed by atoms with Crippen LogP contribution in [0.3, 0.4) is 0 Å². The number of fused-ring (bicyclic) bond motifs is 1. The zero-order valence-corrected chi connectivity index (χ0v) is 10.5. The highest BCUT2D eigenvalue weighted by molar-refractivity contribution is 7.09. The van der Waals surface area contributed by atoms with Crippen LogP contribution in [-0.2, 0) is 0 Å². The summed E-state index contributed by atoms with van der Waals surface area (Å²) < 4.78 is 19.1. The molecule has 3 nitrogen and oxygen atoms in total. The van der Waals surface area contributed by atoms with Gasteiger partial charge in [-0.3, -0.25) is 0 Å². The Morgan fingerprint density at radius 2 is 2.28 bits per heavy atom. The number of nitrogens with two attached hydrogens (primary N) is 1. The van der Waals surface area contributed by atoms with Crippen LogP contribution in [0.4, 0.5) is 4.39 Å². The van der Waals surface area contributed by atoms with Gasteiger partial charge in [0, 0.05) is 5.39 Å². The van der Waals surface area contributed by atoms with Crippen molar-refractivity contribution >= 4 is 22.3 Å². The predicted molar refractivity (Wildman–Crippen MR) is 69.1 cm³/mol. The molecule has 5 heteroatoms. The van der Waals surface area contributed by atoms with Crippen LogP contribution >= 0.6 is 11.3 Å². The monoisotopic (exact) mass is 262 g/mol. The van der Waals surface area contributed by atoms with Crippen molar-refractivity contribution in [2.75, 3.05) is 0 Å². The lowest BCUT2D eigenvalue weighted by atomic mass is 10.1. The Kier molecular flexibility index (Phi) is 2.65. The molecule has 0 aliphatic carbocycles. The van der Waals surface area contributed by atoms with Crippen LogP contribution in [0.2, 0.25) is 0 Å². The molecule has 3 rings (SSSR count). The molecule has 0 radical (unpaired) electrons. The molecule has 2 aromatic heterocycles. The van der Waals surface area contributed by atoms with Crippen molar-refractivity contribution in [3.8, 4) is 0 Å². The summed E-state index contributed by atoms with van der Waals surface area (Å²) in [5.74, 6) is 0.189. The van der Waals surface area contributed by atoms with E-state index >= 15 is 0 Å². The first-order valence-electron chi connectivity index (χ1n) is 5.50. The fourth-order valence-corrected chi connectivity index (χ4v) is 2.75. The van der Waals surface area contributed by atoms with Gasteiger partial charge in [-0.15, -0.1) is 11.3 Å². The molecule has 0 bridgehead atoms. The van der Waals surface area contributed by atoms with Crippen molar-refractivity contribution in [3.63, 3.8) is 0 Å². The summed E-state index contributed by atoms with van der Waals surface area (Å²) in [5.41, 5.74) is 9.01. The molecule has 1 unspecified atom stereocenters. The van der Waals surface area contributed by atoms with Gasteiger partial charge in [0.2, 0.25) is 0 Å². The van der Waals surface area contributed by atoms with Crippen LogP contribution in [0.5, 0.6) is 0 Å². The van der Waals surface area contributed by atoms with E-state index < -0.39 is 6.04 Å². The van der Waals surface area contributed by atoms with Crippen molar-refractivity contribution in [2.24, 2.45) is 5.73 Å². The number of halogens is 1. The van der Waals surface area contributed by atoms with Crippen LogP contribution in [0.25, 0.3) is 11.0 Å². The van der Waals surface area contributed by atoms with Gasteiger partial charge in [0.05, 0.1) is 22.1 Å². The zero-order chi connectivity index (χ0) is 12.7. The normalized spacial score (nSPS) is 13.1. The molecule has 3 aromatic rings. The Labute approximate surface area is 107 Å². The summed E-state index contributed by atoms with van der Waals surface area (Å²) >= 11 is 1.48. The van der Waals surface area contributed by atoms with E-state index in [0.717, 1.165) is 16.0 Å². The molecule has 0 saturated heterocycles. The third kappa shape index (κ3) is 1.72. The number of rotatable bonds is 2. The van der Waals surface area contributed by atoms with E-state index in [1.807, 2.05) is 6.92 Å². The Hall–Kier alpha value is -1.72. The second-order valence-electron chi connectivity index (χ2n) is 4.09. The summed E-state index contributed by atoms with van der Waals surface area (Å²) in [6.45, 7) is 1.90. The third-order valence-corrected chi connectivity index (χ3v) is 3.90. The van der Waals surface area contributed by atoms with Crippen LogP contribution in [0, 0.1) is 12.7 Å². The number of aryl methyl sites for hydroxylation is 1. The van der Waals surface area contributed by atoms with Gasteiger partial charge in [0.25, 0.3) is 0 Å². The second-order valence-corrected chi connectivity index (χ2v) is 4.97. The van der Waals surface area contributed by atoms with Gasteiger partial charge in [0.1, 0.15) is 5.76 Å². The van der Waals surface area contributed by atoms with E-state index in [0.29, 0.717) is 5.76 Å². The summed E-state index contributed by atoms with van der Waals surface area (Å²) in [6.07, 6.45) is 0. The molecule has 0 saturated carbocycles. The summed E-state index contributed by atoms with van der Waals surface area (Å²) in [6, 6.07) is 6.21. The summed E-state index contributed by atoms with van der Waals surface area (Å²) in [5, 5.41) is 0.725. The second kappa shape index (κ2) is 4.19. The highest BCUT2D eigenvalue weighted by atomic mass is 32.1. The van der Waals surface area contributed by atoms with Gasteiger partial charge in [-0.05, 0) is 19.1 Å². The number of nitrogens with zero attached hydrogens (tertiary/aromatic N) is 1. The van der Waals surface area contributed by atoms with Gasteiger partial charge < -0.3 is 10.2 Å². The quantitative estimate of drug-likeness (QED) is 0.770. The highest BCUT2D eigenvalue weighted by Crippen LogP contribution is 2.30. The van der Waals surface area contributed by atoms with Crippen molar-refractivity contribution in [2.45, 2.75) is 13.0 Å². The molecule has 0 spiro atoms. The molecule has 0 amide bonds. The maximum absolute atomic E-state index is 13.5. The lowest BCUT2D eigenvalue weighted by Gasteiger charge is -2.06. The van der Waals surface area contributed by atoms with Crippen LogP contribution in [0.1, 0.15) is 22.4 Å². The van der Waals surface area contributed by atoms with Crippen molar-refractivity contribution in [1.29, 1.82) is 0 Å². The molecule has 92 valence electrons. The van der Waals surface area contributed by atoms with Gasteiger partial charge >= 0.3 is 0 Å². The minimum atomic E-state index is -0.399. The number of para-hydroxylation sites is 1. The predicted octanol–water partition coefficient (Wildman–Crippen LogP) is 3.38. The number of aromatic nitrogens is 1. The van der Waals surface area contributed by atoms with Crippen molar-refractivity contribution in [1.82, 2.24) is 4.98 Å². The van der Waals surface area contributed by atoms with Gasteiger partial charge in [-0.2, -0.15) is 0 Å². The topological polar surface area (TPSA) is 52.0 Å². The number of benzene rings is 1. The largest absolute Gasteiger partial charge is 0.456 e. The first-order chi connectivity index (χ1) is 8.66. The molecule has 2 heterocycles. The first-order valence-corrected chi connectivity index (χ1v) is 6.38. The molecule has 0 fully saturated rings. The van der Waals surface area contributed by atoms with E-state index in [2.05, 4.69) is 4.98 Å². The number of furan rings is 1. The Balaban J connectivity index is 2.10. The van der Waals surface area contributed by atoms with Crippen LogP contribution in [0.15, 0.2) is 34.2 Å². The number of hydrogen-bond donors (Lipinski definition) is 1. The number of thiazole rings is 1. The van der Waals surface area contributed by atoms with E-state index in [4.69, 9.17) is 10.2 Å². The zero-order valence-electron chi connectivity index (χ0n) is 9.68. The lowest BCUT2D eigenvalue weighted by Crippen LogP contribution is -2.10. The SMILES string of the molecule is Cc1ncsc1C(N)c1cc2cccc(F)c2o1. The number of hydrogen-bond acceptors (Lipinski definition) is 4. The van der Waals surface area contributed by atoms with Crippen molar-refractivity contribution < 1.29 is 8.81 Å². The smallest absolute Gasteiger partial charge is 0.169 e. The molecule has 0 aliphatic rings. The molecule has 1 atom stereocenters. The Morgan fingerprint density at radius 1 is 1.44 bits per heavy atom. The average molecular weight is 262 g/mol. The average Bonchev–Trinajstić information content (AvgIpc) is 2.95. The minimum absolute atomic E-state index is 0.255. The van der Waals surface area contributed by atoms with E-state index in [1.54, 1.807) is 23.7 Å². The molecular formula is C13H11FN2OS. The van der Waals surface area contributed by atoms with Gasteiger partial charge in [0.15, 0.2) is 11.4 Å². The highest BCUT2D eigenvalue weighted by Gasteiger charge is 2.19.